The van der Waals surface area contributed by atoms with Crippen LogP contribution in [-0.4, -0.2) is 9.55 Å². The highest BCUT2D eigenvalue weighted by Gasteiger charge is 2.14. The van der Waals surface area contributed by atoms with Crippen molar-refractivity contribution in [2.24, 2.45) is 0 Å². The molecule has 4 aromatic rings. The second-order valence-corrected chi connectivity index (χ2v) is 7.40. The molecule has 140 valence electrons. The monoisotopic (exact) mass is 414 g/mol. The number of aromatic nitrogens is 2. The standard InChI is InChI=1S/C21H13ClF2N2OS/c22-18-11-15(24)6-5-13(18)12-28-21-25-19-4-2-1-3-17(19)20(27)26(21)16-9-7-14(23)8-10-16/h1-11H,12H2. The van der Waals surface area contributed by atoms with Crippen LogP contribution >= 0.6 is 23.4 Å². The maximum Gasteiger partial charge on any atom is 0.266 e. The van der Waals surface area contributed by atoms with Gasteiger partial charge in [0.15, 0.2) is 5.16 Å². The summed E-state index contributed by atoms with van der Waals surface area (Å²) in [6.07, 6.45) is 0. The topological polar surface area (TPSA) is 34.9 Å². The Bertz CT molecular complexity index is 1230. The van der Waals surface area contributed by atoms with Crippen molar-refractivity contribution in [3.05, 3.63) is 99.3 Å². The predicted octanol–water partition coefficient (Wildman–Crippen LogP) is 5.61. The number of benzene rings is 3. The molecule has 3 nitrogen and oxygen atoms in total. The summed E-state index contributed by atoms with van der Waals surface area (Å²) in [5.74, 6) is -0.408. The van der Waals surface area contributed by atoms with Crippen molar-refractivity contribution in [2.45, 2.75) is 10.9 Å². The zero-order chi connectivity index (χ0) is 19.7. The molecule has 0 saturated heterocycles. The van der Waals surface area contributed by atoms with E-state index in [0.717, 1.165) is 5.56 Å². The van der Waals surface area contributed by atoms with Crippen LogP contribution in [0.2, 0.25) is 5.02 Å². The summed E-state index contributed by atoms with van der Waals surface area (Å²) in [6.45, 7) is 0. The molecule has 0 N–H and O–H groups in total. The van der Waals surface area contributed by atoms with E-state index < -0.39 is 11.6 Å². The number of fused-ring (bicyclic) bond motifs is 1. The lowest BCUT2D eigenvalue weighted by atomic mass is 10.2. The first-order valence-corrected chi connectivity index (χ1v) is 9.74. The molecular formula is C21H13ClF2N2OS. The van der Waals surface area contributed by atoms with E-state index in [0.29, 0.717) is 32.5 Å². The summed E-state index contributed by atoms with van der Waals surface area (Å²) in [5.41, 5.74) is 1.56. The van der Waals surface area contributed by atoms with Crippen molar-refractivity contribution in [2.75, 3.05) is 0 Å². The molecule has 0 atom stereocenters. The second-order valence-electron chi connectivity index (χ2n) is 6.05. The van der Waals surface area contributed by atoms with Crippen LogP contribution in [0.5, 0.6) is 0 Å². The molecular weight excluding hydrogens is 402 g/mol. The lowest BCUT2D eigenvalue weighted by molar-refractivity contribution is 0.626. The highest BCUT2D eigenvalue weighted by Crippen LogP contribution is 2.28. The molecule has 0 aliphatic carbocycles. The van der Waals surface area contributed by atoms with Crippen LogP contribution in [0, 0.1) is 11.6 Å². The molecule has 0 unspecified atom stereocenters. The third-order valence-electron chi connectivity index (χ3n) is 4.20. The molecule has 0 saturated carbocycles. The third-order valence-corrected chi connectivity index (χ3v) is 5.54. The van der Waals surface area contributed by atoms with Crippen molar-refractivity contribution in [1.29, 1.82) is 0 Å². The molecule has 0 bridgehead atoms. The number of halogens is 3. The Hall–Kier alpha value is -2.70. The molecule has 4 rings (SSSR count). The van der Waals surface area contributed by atoms with E-state index in [1.807, 2.05) is 6.07 Å². The summed E-state index contributed by atoms with van der Waals surface area (Å²) in [7, 11) is 0. The lowest BCUT2D eigenvalue weighted by Crippen LogP contribution is -2.21. The zero-order valence-electron chi connectivity index (χ0n) is 14.4. The Balaban J connectivity index is 1.82. The quantitative estimate of drug-likeness (QED) is 0.321. The highest BCUT2D eigenvalue weighted by atomic mass is 35.5. The van der Waals surface area contributed by atoms with Gasteiger partial charge in [0.05, 0.1) is 16.6 Å². The minimum atomic E-state index is -0.411. The van der Waals surface area contributed by atoms with E-state index in [2.05, 4.69) is 4.98 Å². The number of para-hydroxylation sites is 1. The van der Waals surface area contributed by atoms with Crippen molar-refractivity contribution >= 4 is 34.3 Å². The molecule has 7 heteroatoms. The average Bonchev–Trinajstić information content (AvgIpc) is 2.68. The summed E-state index contributed by atoms with van der Waals surface area (Å²) in [6, 6.07) is 16.9. The highest BCUT2D eigenvalue weighted by molar-refractivity contribution is 7.98. The Labute approximate surface area is 168 Å². The summed E-state index contributed by atoms with van der Waals surface area (Å²) < 4.78 is 28.1. The van der Waals surface area contributed by atoms with Crippen molar-refractivity contribution in [3.8, 4) is 5.69 Å². The van der Waals surface area contributed by atoms with Gasteiger partial charge in [-0.25, -0.2) is 13.8 Å². The van der Waals surface area contributed by atoms with Gasteiger partial charge in [-0.15, -0.1) is 0 Å². The van der Waals surface area contributed by atoms with Gasteiger partial charge in [-0.05, 0) is 54.1 Å². The van der Waals surface area contributed by atoms with E-state index in [1.165, 1.54) is 52.7 Å². The number of rotatable bonds is 4. The van der Waals surface area contributed by atoms with Gasteiger partial charge in [-0.1, -0.05) is 41.6 Å². The predicted molar refractivity (Wildman–Crippen MR) is 108 cm³/mol. The van der Waals surface area contributed by atoms with Gasteiger partial charge in [0.1, 0.15) is 11.6 Å². The molecule has 1 aromatic heterocycles. The smallest absolute Gasteiger partial charge is 0.266 e. The Morgan fingerprint density at radius 1 is 0.964 bits per heavy atom. The molecule has 0 aliphatic rings. The molecule has 0 amide bonds. The first-order valence-electron chi connectivity index (χ1n) is 8.37. The Morgan fingerprint density at radius 3 is 2.43 bits per heavy atom. The first kappa shape index (κ1) is 18.7. The molecule has 28 heavy (non-hydrogen) atoms. The van der Waals surface area contributed by atoms with Gasteiger partial charge >= 0.3 is 0 Å². The van der Waals surface area contributed by atoms with Crippen molar-refractivity contribution in [3.63, 3.8) is 0 Å². The Morgan fingerprint density at radius 2 is 1.68 bits per heavy atom. The van der Waals surface area contributed by atoms with Gasteiger partial charge in [0.2, 0.25) is 0 Å². The number of hydrogen-bond donors (Lipinski definition) is 0. The minimum absolute atomic E-state index is 0.245. The fraction of sp³-hybridized carbons (Fsp3) is 0.0476. The molecule has 1 heterocycles. The summed E-state index contributed by atoms with van der Waals surface area (Å²) >= 11 is 7.41. The minimum Gasteiger partial charge on any atom is -0.268 e. The maximum absolute atomic E-state index is 13.3. The fourth-order valence-electron chi connectivity index (χ4n) is 2.81. The third kappa shape index (κ3) is 3.66. The number of nitrogens with zero attached hydrogens (tertiary/aromatic N) is 2. The van der Waals surface area contributed by atoms with Gasteiger partial charge in [-0.3, -0.25) is 9.36 Å². The van der Waals surface area contributed by atoms with Crippen molar-refractivity contribution in [1.82, 2.24) is 9.55 Å². The van der Waals surface area contributed by atoms with Crippen LogP contribution in [0.1, 0.15) is 5.56 Å². The van der Waals surface area contributed by atoms with E-state index in [1.54, 1.807) is 24.3 Å². The number of hydrogen-bond acceptors (Lipinski definition) is 3. The first-order chi connectivity index (χ1) is 13.5. The largest absolute Gasteiger partial charge is 0.268 e. The molecule has 0 spiro atoms. The van der Waals surface area contributed by atoms with Crippen LogP contribution in [-0.2, 0) is 5.75 Å². The van der Waals surface area contributed by atoms with E-state index >= 15 is 0 Å². The molecule has 0 aliphatic heterocycles. The summed E-state index contributed by atoms with van der Waals surface area (Å²) in [5, 5.41) is 1.22. The molecule has 0 fully saturated rings. The maximum atomic E-state index is 13.3. The second kappa shape index (κ2) is 7.73. The van der Waals surface area contributed by atoms with Crippen molar-refractivity contribution < 1.29 is 8.78 Å². The summed E-state index contributed by atoms with van der Waals surface area (Å²) in [4.78, 5) is 17.7. The van der Waals surface area contributed by atoms with Crippen LogP contribution in [0.3, 0.4) is 0 Å². The number of thioether (sulfide) groups is 1. The van der Waals surface area contributed by atoms with Crippen LogP contribution in [0.25, 0.3) is 16.6 Å². The van der Waals surface area contributed by atoms with E-state index in [-0.39, 0.29) is 5.56 Å². The normalized spacial score (nSPS) is 11.1. The van der Waals surface area contributed by atoms with Crippen LogP contribution in [0.4, 0.5) is 8.78 Å². The molecule has 0 radical (unpaired) electrons. The van der Waals surface area contributed by atoms with Gasteiger partial charge in [-0.2, -0.15) is 0 Å². The van der Waals surface area contributed by atoms with E-state index in [9.17, 15) is 13.6 Å². The lowest BCUT2D eigenvalue weighted by Gasteiger charge is -2.13. The van der Waals surface area contributed by atoms with Gasteiger partial charge < -0.3 is 0 Å². The SMILES string of the molecule is O=c1c2ccccc2nc(SCc2ccc(F)cc2Cl)n1-c1ccc(F)cc1. The van der Waals surface area contributed by atoms with Gasteiger partial charge in [0.25, 0.3) is 5.56 Å². The van der Waals surface area contributed by atoms with E-state index in [4.69, 9.17) is 11.6 Å². The zero-order valence-corrected chi connectivity index (χ0v) is 16.0. The van der Waals surface area contributed by atoms with Gasteiger partial charge in [0, 0.05) is 10.8 Å². The Kier molecular flexibility index (Phi) is 5.15. The fourth-order valence-corrected chi connectivity index (χ4v) is 4.14. The average molecular weight is 415 g/mol. The molecule has 3 aromatic carbocycles. The van der Waals surface area contributed by atoms with Crippen LogP contribution in [0.15, 0.2) is 76.7 Å². The van der Waals surface area contributed by atoms with Crippen LogP contribution < -0.4 is 5.56 Å².